The highest BCUT2D eigenvalue weighted by Crippen LogP contribution is 2.22. The highest BCUT2D eigenvalue weighted by molar-refractivity contribution is 7.17. The molecule has 11 heavy (non-hydrogen) atoms. The van der Waals surface area contributed by atoms with Gasteiger partial charge in [0.25, 0.3) is 0 Å². The largest absolute Gasteiger partial charge is 0.427 e. The van der Waals surface area contributed by atoms with Gasteiger partial charge >= 0.3 is 0 Å². The van der Waals surface area contributed by atoms with Crippen LogP contribution in [0.2, 0.25) is 0 Å². The van der Waals surface area contributed by atoms with Gasteiger partial charge in [-0.3, -0.25) is 0 Å². The Morgan fingerprint density at radius 3 is 3.27 bits per heavy atom. The predicted octanol–water partition coefficient (Wildman–Crippen LogP) is 1.32. The summed E-state index contributed by atoms with van der Waals surface area (Å²) in [5.41, 5.74) is 2.87. The molecular weight excluding hydrogens is 160 g/mol. The molecule has 0 aromatic carbocycles. The maximum Gasteiger partial charge on any atom is 0.187 e. The van der Waals surface area contributed by atoms with E-state index < -0.39 is 0 Å². The molecule has 0 bridgehead atoms. The van der Waals surface area contributed by atoms with E-state index in [-0.39, 0.29) is 0 Å². The molecule has 0 atom stereocenters. The van der Waals surface area contributed by atoms with Crippen molar-refractivity contribution in [2.45, 2.75) is 0 Å². The number of fused-ring (bicyclic) bond motifs is 1. The summed E-state index contributed by atoms with van der Waals surface area (Å²) in [4.78, 5) is 3.92. The molecule has 2 rings (SSSR count). The highest BCUT2D eigenvalue weighted by atomic mass is 32.1. The van der Waals surface area contributed by atoms with Crippen LogP contribution in [0.25, 0.3) is 10.3 Å². The standard InChI is InChI=1S/C7H4N2OS/c1-2-5-3-9(10)7-6(5)11-4-8-7/h1,3-4,10H. The molecule has 0 aliphatic rings. The van der Waals surface area contributed by atoms with Crippen LogP contribution in [0.15, 0.2) is 11.7 Å². The van der Waals surface area contributed by atoms with Crippen molar-refractivity contribution in [2.75, 3.05) is 0 Å². The van der Waals surface area contributed by atoms with Gasteiger partial charge in [0.2, 0.25) is 0 Å². The number of thiazole rings is 1. The molecule has 0 saturated heterocycles. The summed E-state index contributed by atoms with van der Waals surface area (Å²) in [7, 11) is 0. The van der Waals surface area contributed by atoms with Crippen molar-refractivity contribution in [3.63, 3.8) is 0 Å². The summed E-state index contributed by atoms with van der Waals surface area (Å²) >= 11 is 1.42. The molecule has 3 nitrogen and oxygen atoms in total. The lowest BCUT2D eigenvalue weighted by molar-refractivity contribution is 0.198. The van der Waals surface area contributed by atoms with Crippen molar-refractivity contribution in [1.29, 1.82) is 0 Å². The van der Waals surface area contributed by atoms with Gasteiger partial charge in [-0.1, -0.05) is 5.92 Å². The summed E-state index contributed by atoms with van der Waals surface area (Å²) in [6.07, 6.45) is 6.67. The van der Waals surface area contributed by atoms with Gasteiger partial charge in [0.1, 0.15) is 0 Å². The monoisotopic (exact) mass is 164 g/mol. The molecule has 1 N–H and O–H groups in total. The topological polar surface area (TPSA) is 38.0 Å². The Morgan fingerprint density at radius 1 is 1.73 bits per heavy atom. The van der Waals surface area contributed by atoms with Crippen LogP contribution in [0.3, 0.4) is 0 Å². The molecule has 0 radical (unpaired) electrons. The van der Waals surface area contributed by atoms with Crippen molar-refractivity contribution in [3.05, 3.63) is 17.3 Å². The Balaban J connectivity index is 2.94. The zero-order valence-electron chi connectivity index (χ0n) is 5.48. The zero-order valence-corrected chi connectivity index (χ0v) is 6.30. The molecule has 2 aromatic heterocycles. The number of hydrogen-bond donors (Lipinski definition) is 1. The van der Waals surface area contributed by atoms with Gasteiger partial charge in [-0.05, 0) is 0 Å². The Bertz CT molecular complexity index is 435. The number of rotatable bonds is 0. The second kappa shape index (κ2) is 2.01. The molecule has 54 valence electrons. The van der Waals surface area contributed by atoms with E-state index in [1.165, 1.54) is 17.5 Å². The van der Waals surface area contributed by atoms with Gasteiger partial charge in [0, 0.05) is 0 Å². The summed E-state index contributed by atoms with van der Waals surface area (Å²) in [6.45, 7) is 0. The SMILES string of the molecule is C#Cc1cn(O)c2ncsc12. The second-order valence-electron chi connectivity index (χ2n) is 2.04. The molecule has 0 aliphatic carbocycles. The van der Waals surface area contributed by atoms with E-state index in [1.54, 1.807) is 5.51 Å². The number of hydrogen-bond acceptors (Lipinski definition) is 3. The molecule has 0 spiro atoms. The van der Waals surface area contributed by atoms with Crippen molar-refractivity contribution in [3.8, 4) is 12.3 Å². The summed E-state index contributed by atoms with van der Waals surface area (Å²) in [6, 6.07) is 0. The van der Waals surface area contributed by atoms with Crippen LogP contribution >= 0.6 is 11.3 Å². The van der Waals surface area contributed by atoms with E-state index >= 15 is 0 Å². The molecular formula is C7H4N2OS. The number of nitrogens with zero attached hydrogens (tertiary/aromatic N) is 2. The Labute approximate surface area is 66.9 Å². The fourth-order valence-electron chi connectivity index (χ4n) is 0.932. The van der Waals surface area contributed by atoms with E-state index in [2.05, 4.69) is 10.9 Å². The summed E-state index contributed by atoms with van der Waals surface area (Å²) in [5, 5.41) is 9.18. The van der Waals surface area contributed by atoms with E-state index in [0.29, 0.717) is 11.2 Å². The molecule has 0 saturated carbocycles. The Kier molecular flexibility index (Phi) is 1.14. The van der Waals surface area contributed by atoms with Gasteiger partial charge < -0.3 is 5.21 Å². The average molecular weight is 164 g/mol. The molecule has 2 heterocycles. The molecule has 2 aromatic rings. The molecule has 0 amide bonds. The summed E-state index contributed by atoms with van der Waals surface area (Å²) in [5.74, 6) is 2.47. The number of terminal acetylenes is 1. The average Bonchev–Trinajstić information content (AvgIpc) is 2.54. The van der Waals surface area contributed by atoms with E-state index in [0.717, 1.165) is 9.43 Å². The van der Waals surface area contributed by atoms with Gasteiger partial charge in [-0.15, -0.1) is 17.8 Å². The number of aromatic nitrogens is 2. The first-order valence-electron chi connectivity index (χ1n) is 2.93. The minimum Gasteiger partial charge on any atom is -0.427 e. The van der Waals surface area contributed by atoms with Crippen molar-refractivity contribution in [1.82, 2.24) is 9.71 Å². The highest BCUT2D eigenvalue weighted by Gasteiger charge is 2.07. The predicted molar refractivity (Wildman–Crippen MR) is 42.7 cm³/mol. The lowest BCUT2D eigenvalue weighted by Crippen LogP contribution is -1.85. The lowest BCUT2D eigenvalue weighted by Gasteiger charge is -1.84. The molecule has 0 fully saturated rings. The third-order valence-electron chi connectivity index (χ3n) is 1.42. The Hall–Kier alpha value is -1.47. The van der Waals surface area contributed by atoms with E-state index in [1.807, 2.05) is 0 Å². The van der Waals surface area contributed by atoms with Gasteiger partial charge in [0.05, 0.1) is 22.0 Å². The van der Waals surface area contributed by atoms with Crippen LogP contribution < -0.4 is 0 Å². The second-order valence-corrected chi connectivity index (χ2v) is 2.89. The minimum atomic E-state index is 0.531. The fourth-order valence-corrected chi connectivity index (χ4v) is 1.68. The summed E-state index contributed by atoms with van der Waals surface area (Å²) < 4.78 is 1.80. The van der Waals surface area contributed by atoms with Crippen LogP contribution in [0.1, 0.15) is 5.56 Å². The van der Waals surface area contributed by atoms with Crippen LogP contribution in [-0.2, 0) is 0 Å². The van der Waals surface area contributed by atoms with E-state index in [4.69, 9.17) is 6.42 Å². The first kappa shape index (κ1) is 6.25. The van der Waals surface area contributed by atoms with Crippen molar-refractivity contribution >= 4 is 21.7 Å². The fraction of sp³-hybridized carbons (Fsp3) is 0. The molecule has 4 heteroatoms. The van der Waals surface area contributed by atoms with Crippen LogP contribution in [0.5, 0.6) is 0 Å². The van der Waals surface area contributed by atoms with Gasteiger partial charge in [-0.2, -0.15) is 4.73 Å². The smallest absolute Gasteiger partial charge is 0.187 e. The van der Waals surface area contributed by atoms with E-state index in [9.17, 15) is 5.21 Å². The Morgan fingerprint density at radius 2 is 2.55 bits per heavy atom. The lowest BCUT2D eigenvalue weighted by atomic mass is 10.4. The first-order chi connectivity index (χ1) is 5.33. The van der Waals surface area contributed by atoms with Gasteiger partial charge in [0.15, 0.2) is 5.65 Å². The van der Waals surface area contributed by atoms with Crippen LogP contribution in [0, 0.1) is 12.3 Å². The zero-order chi connectivity index (χ0) is 7.84. The van der Waals surface area contributed by atoms with Gasteiger partial charge in [-0.25, -0.2) is 4.98 Å². The minimum absolute atomic E-state index is 0.531. The van der Waals surface area contributed by atoms with Crippen molar-refractivity contribution < 1.29 is 5.21 Å². The third-order valence-corrected chi connectivity index (χ3v) is 2.27. The normalized spacial score (nSPS) is 10.1. The molecule has 0 aliphatic heterocycles. The maximum atomic E-state index is 9.18. The van der Waals surface area contributed by atoms with Crippen molar-refractivity contribution in [2.24, 2.45) is 0 Å². The third kappa shape index (κ3) is 0.717. The molecule has 0 unspecified atom stereocenters. The maximum absolute atomic E-state index is 9.18. The quantitative estimate of drug-likeness (QED) is 0.471. The van der Waals surface area contributed by atoms with Crippen LogP contribution in [0.4, 0.5) is 0 Å². The van der Waals surface area contributed by atoms with Crippen LogP contribution in [-0.4, -0.2) is 14.9 Å². The first-order valence-corrected chi connectivity index (χ1v) is 3.81.